The Morgan fingerprint density at radius 2 is 2.28 bits per heavy atom. The van der Waals surface area contributed by atoms with Crippen LogP contribution in [0, 0.1) is 0 Å². The normalized spacial score (nSPS) is 10.9. The predicted octanol–water partition coefficient (Wildman–Crippen LogP) is 0.749. The summed E-state index contributed by atoms with van der Waals surface area (Å²) in [6.45, 7) is 6.42. The summed E-state index contributed by atoms with van der Waals surface area (Å²) in [4.78, 5) is 11.7. The minimum atomic E-state index is 0.00838. The highest BCUT2D eigenvalue weighted by molar-refractivity contribution is 5.75. The van der Waals surface area contributed by atoms with Crippen molar-refractivity contribution in [2.24, 2.45) is 0 Å². The van der Waals surface area contributed by atoms with Gasteiger partial charge in [-0.05, 0) is 12.1 Å². The summed E-state index contributed by atoms with van der Waals surface area (Å²) >= 11 is 0. The van der Waals surface area contributed by atoms with E-state index in [2.05, 4.69) is 24.5 Å². The van der Waals surface area contributed by atoms with E-state index in [9.17, 15) is 4.79 Å². The molecule has 1 amide bonds. The van der Waals surface area contributed by atoms with Crippen molar-refractivity contribution >= 4 is 5.91 Å². The molecule has 2 N–H and O–H groups in total. The maximum atomic E-state index is 11.7. The van der Waals surface area contributed by atoms with Crippen LogP contribution in [0.2, 0.25) is 0 Å². The highest BCUT2D eigenvalue weighted by atomic mass is 16.5. The van der Waals surface area contributed by atoms with Crippen molar-refractivity contribution in [3.63, 3.8) is 0 Å². The fraction of sp³-hybridized carbons (Fsp3) is 0.615. The average Bonchev–Trinajstić information content (AvgIpc) is 2.74. The van der Waals surface area contributed by atoms with Gasteiger partial charge in [-0.2, -0.15) is 0 Å². The monoisotopic (exact) mass is 253 g/mol. The largest absolute Gasteiger partial charge is 0.383 e. The second-order valence-electron chi connectivity index (χ2n) is 4.51. The van der Waals surface area contributed by atoms with Crippen LogP contribution in [0.15, 0.2) is 18.3 Å². The van der Waals surface area contributed by atoms with Crippen molar-refractivity contribution in [3.8, 4) is 0 Å². The average molecular weight is 253 g/mol. The van der Waals surface area contributed by atoms with Crippen molar-refractivity contribution in [2.75, 3.05) is 20.3 Å². The first-order chi connectivity index (χ1) is 8.63. The molecule has 0 aromatic carbocycles. The molecule has 5 nitrogen and oxygen atoms in total. The van der Waals surface area contributed by atoms with Gasteiger partial charge in [0.05, 0.1) is 6.61 Å². The lowest BCUT2D eigenvalue weighted by Crippen LogP contribution is -2.31. The summed E-state index contributed by atoms with van der Waals surface area (Å²) in [5, 5.41) is 6.15. The van der Waals surface area contributed by atoms with E-state index in [-0.39, 0.29) is 5.91 Å². The minimum Gasteiger partial charge on any atom is -0.383 e. The number of hydrogen-bond acceptors (Lipinski definition) is 3. The van der Waals surface area contributed by atoms with Crippen LogP contribution in [0.4, 0.5) is 0 Å². The molecule has 5 heteroatoms. The number of aromatic nitrogens is 1. The Balaban J connectivity index is 2.41. The molecular weight excluding hydrogens is 230 g/mol. The lowest BCUT2D eigenvalue weighted by molar-refractivity contribution is -0.121. The van der Waals surface area contributed by atoms with Gasteiger partial charge < -0.3 is 19.9 Å². The molecule has 102 valence electrons. The van der Waals surface area contributed by atoms with Gasteiger partial charge in [-0.1, -0.05) is 13.8 Å². The third-order valence-corrected chi connectivity index (χ3v) is 2.56. The van der Waals surface area contributed by atoms with Crippen LogP contribution >= 0.6 is 0 Å². The van der Waals surface area contributed by atoms with Gasteiger partial charge in [0, 0.05) is 38.1 Å². The highest BCUT2D eigenvalue weighted by Gasteiger charge is 2.06. The fourth-order valence-corrected chi connectivity index (χ4v) is 1.58. The Morgan fingerprint density at radius 1 is 1.50 bits per heavy atom. The van der Waals surface area contributed by atoms with Crippen molar-refractivity contribution in [1.29, 1.82) is 0 Å². The molecule has 0 bridgehead atoms. The zero-order valence-electron chi connectivity index (χ0n) is 11.4. The Morgan fingerprint density at radius 3 is 2.94 bits per heavy atom. The minimum absolute atomic E-state index is 0.00838. The number of hydrogen-bond donors (Lipinski definition) is 2. The Bertz CT molecular complexity index is 361. The van der Waals surface area contributed by atoms with E-state index in [0.717, 1.165) is 12.2 Å². The number of carbonyl (C=O) groups is 1. The molecule has 0 aliphatic heterocycles. The second-order valence-corrected chi connectivity index (χ2v) is 4.51. The van der Waals surface area contributed by atoms with Gasteiger partial charge in [0.25, 0.3) is 0 Å². The number of methoxy groups -OCH3 is 1. The molecule has 0 aliphatic rings. The first kappa shape index (κ1) is 14.7. The van der Waals surface area contributed by atoms with Gasteiger partial charge in [-0.15, -0.1) is 0 Å². The summed E-state index contributed by atoms with van der Waals surface area (Å²) in [6.07, 6.45) is 1.92. The molecule has 0 atom stereocenters. The van der Waals surface area contributed by atoms with Crippen LogP contribution in [-0.2, 0) is 22.6 Å². The van der Waals surface area contributed by atoms with Gasteiger partial charge in [-0.25, -0.2) is 0 Å². The zero-order chi connectivity index (χ0) is 13.4. The summed E-state index contributed by atoms with van der Waals surface area (Å²) in [5.41, 5.74) is 1.12. The van der Waals surface area contributed by atoms with E-state index < -0.39 is 0 Å². The van der Waals surface area contributed by atoms with Crippen molar-refractivity contribution in [2.45, 2.75) is 33.0 Å². The van der Waals surface area contributed by atoms with Crippen LogP contribution < -0.4 is 10.6 Å². The maximum absolute atomic E-state index is 11.7. The van der Waals surface area contributed by atoms with Crippen LogP contribution in [0.1, 0.15) is 19.5 Å². The van der Waals surface area contributed by atoms with Crippen LogP contribution in [0.25, 0.3) is 0 Å². The number of carbonyl (C=O) groups excluding carboxylic acids is 1. The maximum Gasteiger partial charge on any atom is 0.240 e. The molecule has 0 unspecified atom stereocenters. The Hall–Kier alpha value is -1.33. The van der Waals surface area contributed by atoms with Crippen molar-refractivity contribution in [1.82, 2.24) is 15.2 Å². The van der Waals surface area contributed by atoms with E-state index in [0.29, 0.717) is 25.7 Å². The number of rotatable bonds is 8. The smallest absolute Gasteiger partial charge is 0.240 e. The molecule has 1 aromatic heterocycles. The molecule has 0 aliphatic carbocycles. The topological polar surface area (TPSA) is 55.3 Å². The van der Waals surface area contributed by atoms with Gasteiger partial charge in [0.2, 0.25) is 5.91 Å². The van der Waals surface area contributed by atoms with Crippen LogP contribution in [0.3, 0.4) is 0 Å². The van der Waals surface area contributed by atoms with Crippen LogP contribution in [0.5, 0.6) is 0 Å². The molecule has 18 heavy (non-hydrogen) atoms. The molecular formula is C13H23N3O2. The number of amides is 1. The molecule has 1 rings (SSSR count). The van der Waals surface area contributed by atoms with E-state index >= 15 is 0 Å². The first-order valence-electron chi connectivity index (χ1n) is 6.26. The zero-order valence-corrected chi connectivity index (χ0v) is 11.4. The third-order valence-electron chi connectivity index (χ3n) is 2.56. The number of nitrogens with one attached hydrogen (secondary N) is 2. The summed E-state index contributed by atoms with van der Waals surface area (Å²) in [7, 11) is 1.62. The Labute approximate surface area is 109 Å². The van der Waals surface area contributed by atoms with Gasteiger partial charge in [0.1, 0.15) is 6.54 Å². The molecule has 1 heterocycles. The molecule has 0 fully saturated rings. The SMILES string of the molecule is COCCNC(=O)Cn1cccc1CNC(C)C. The first-order valence-corrected chi connectivity index (χ1v) is 6.26. The van der Waals surface area contributed by atoms with Crippen molar-refractivity contribution < 1.29 is 9.53 Å². The third kappa shape index (κ3) is 5.33. The lowest BCUT2D eigenvalue weighted by atomic mass is 10.3. The molecule has 0 radical (unpaired) electrons. The highest BCUT2D eigenvalue weighted by Crippen LogP contribution is 2.02. The van der Waals surface area contributed by atoms with E-state index in [1.165, 1.54) is 0 Å². The quantitative estimate of drug-likeness (QED) is 0.672. The predicted molar refractivity (Wildman–Crippen MR) is 71.3 cm³/mol. The van der Waals surface area contributed by atoms with E-state index in [1.807, 2.05) is 22.9 Å². The molecule has 0 saturated carbocycles. The summed E-state index contributed by atoms with van der Waals surface area (Å²) < 4.78 is 6.84. The number of ether oxygens (including phenoxy) is 1. The van der Waals surface area contributed by atoms with Gasteiger partial charge in [0.15, 0.2) is 0 Å². The second kappa shape index (κ2) is 7.89. The lowest BCUT2D eigenvalue weighted by Gasteiger charge is -2.12. The molecule has 0 saturated heterocycles. The van der Waals surface area contributed by atoms with Gasteiger partial charge in [-0.3, -0.25) is 4.79 Å². The molecule has 0 spiro atoms. The van der Waals surface area contributed by atoms with Crippen molar-refractivity contribution in [3.05, 3.63) is 24.0 Å². The number of nitrogens with zero attached hydrogens (tertiary/aromatic N) is 1. The fourth-order valence-electron chi connectivity index (χ4n) is 1.58. The summed E-state index contributed by atoms with van der Waals surface area (Å²) in [5.74, 6) is 0.00838. The summed E-state index contributed by atoms with van der Waals surface area (Å²) in [6, 6.07) is 4.42. The van der Waals surface area contributed by atoms with Crippen LogP contribution in [-0.4, -0.2) is 36.8 Å². The van der Waals surface area contributed by atoms with E-state index in [1.54, 1.807) is 7.11 Å². The molecule has 1 aromatic rings. The van der Waals surface area contributed by atoms with Gasteiger partial charge >= 0.3 is 0 Å². The standard InChI is InChI=1S/C13H23N3O2/c1-11(2)15-9-12-5-4-7-16(12)10-13(17)14-6-8-18-3/h4-5,7,11,15H,6,8-10H2,1-3H3,(H,14,17). The van der Waals surface area contributed by atoms with E-state index in [4.69, 9.17) is 4.74 Å². The Kier molecular flexibility index (Phi) is 6.46.